The number of aldehydes is 1. The summed E-state index contributed by atoms with van der Waals surface area (Å²) in [6.45, 7) is 4.62. The summed E-state index contributed by atoms with van der Waals surface area (Å²) in [6, 6.07) is 1.42. The summed E-state index contributed by atoms with van der Waals surface area (Å²) in [5.41, 5.74) is -0.0507. The molecule has 1 fully saturated rings. The maximum absolute atomic E-state index is 15.2. The summed E-state index contributed by atoms with van der Waals surface area (Å²) >= 11 is 0. The minimum atomic E-state index is -0.725. The molecule has 0 unspecified atom stereocenters. The molecule has 1 aromatic carbocycles. The second-order valence-corrected chi connectivity index (χ2v) is 6.30. The van der Waals surface area contributed by atoms with Crippen LogP contribution in [0.3, 0.4) is 0 Å². The van der Waals surface area contributed by atoms with Gasteiger partial charge in [0.2, 0.25) is 5.58 Å². The average molecular weight is 365 g/mol. The second-order valence-electron chi connectivity index (χ2n) is 6.30. The van der Waals surface area contributed by atoms with Crippen molar-refractivity contribution in [2.24, 2.45) is 0 Å². The lowest BCUT2D eigenvalue weighted by Gasteiger charge is -2.37. The Morgan fingerprint density at radius 3 is 2.65 bits per heavy atom. The summed E-state index contributed by atoms with van der Waals surface area (Å²) in [7, 11) is 2.71. The van der Waals surface area contributed by atoms with Gasteiger partial charge in [-0.25, -0.2) is 9.45 Å². The fourth-order valence-electron chi connectivity index (χ4n) is 3.21. The van der Waals surface area contributed by atoms with E-state index >= 15 is 4.39 Å². The number of morpholine rings is 1. The van der Waals surface area contributed by atoms with Crippen molar-refractivity contribution in [1.82, 2.24) is 10.2 Å². The van der Waals surface area contributed by atoms with Crippen LogP contribution >= 0.6 is 0 Å². The van der Waals surface area contributed by atoms with Crippen molar-refractivity contribution in [3.8, 4) is 0 Å². The first-order valence-corrected chi connectivity index (χ1v) is 8.17. The molecule has 140 valence electrons. The van der Waals surface area contributed by atoms with Gasteiger partial charge in [0.05, 0.1) is 30.4 Å². The van der Waals surface area contributed by atoms with Crippen LogP contribution in [0.1, 0.15) is 34.7 Å². The standard InChI is InChI=1S/C17H20FN3O5/c1-9-6-21(7-10(2)25-9)15-11(8-22)5-12-14(17(23)20(3)24-4)19-26-16(12)13(15)18/h5,8-10H,6-7H2,1-4H3/t9-,10+. The van der Waals surface area contributed by atoms with Gasteiger partial charge in [0.1, 0.15) is 0 Å². The van der Waals surface area contributed by atoms with Crippen molar-refractivity contribution in [3.05, 3.63) is 23.1 Å². The number of rotatable bonds is 4. The van der Waals surface area contributed by atoms with Gasteiger partial charge in [-0.1, -0.05) is 5.16 Å². The van der Waals surface area contributed by atoms with Gasteiger partial charge in [-0.15, -0.1) is 0 Å². The van der Waals surface area contributed by atoms with Crippen molar-refractivity contribution < 1.29 is 28.1 Å². The van der Waals surface area contributed by atoms with Crippen LogP contribution in [0.5, 0.6) is 0 Å². The Bertz CT molecular complexity index is 843. The number of carbonyl (C=O) groups excluding carboxylic acids is 2. The summed E-state index contributed by atoms with van der Waals surface area (Å²) in [6.07, 6.45) is 0.329. The van der Waals surface area contributed by atoms with E-state index in [1.54, 1.807) is 4.90 Å². The van der Waals surface area contributed by atoms with Crippen LogP contribution in [0.25, 0.3) is 11.0 Å². The van der Waals surface area contributed by atoms with Crippen LogP contribution in [-0.2, 0) is 9.57 Å². The molecule has 0 N–H and O–H groups in total. The molecular weight excluding hydrogens is 345 g/mol. The number of nitrogens with zero attached hydrogens (tertiary/aromatic N) is 3. The van der Waals surface area contributed by atoms with Crippen LogP contribution in [0.2, 0.25) is 0 Å². The van der Waals surface area contributed by atoms with Crippen molar-refractivity contribution in [3.63, 3.8) is 0 Å². The first-order valence-electron chi connectivity index (χ1n) is 8.17. The Balaban J connectivity index is 2.13. The highest BCUT2D eigenvalue weighted by Gasteiger charge is 2.30. The maximum Gasteiger partial charge on any atom is 0.299 e. The fraction of sp³-hybridized carbons (Fsp3) is 0.471. The summed E-state index contributed by atoms with van der Waals surface area (Å²) in [5, 5.41) is 4.73. The van der Waals surface area contributed by atoms with Gasteiger partial charge in [0.25, 0.3) is 5.91 Å². The number of aromatic nitrogens is 1. The zero-order valence-corrected chi connectivity index (χ0v) is 15.0. The molecule has 9 heteroatoms. The number of hydroxylamine groups is 2. The molecule has 0 saturated carbocycles. The Hall–Kier alpha value is -2.52. The van der Waals surface area contributed by atoms with E-state index in [0.29, 0.717) is 19.4 Å². The smallest absolute Gasteiger partial charge is 0.299 e. The molecule has 0 bridgehead atoms. The molecule has 8 nitrogen and oxygen atoms in total. The summed E-state index contributed by atoms with van der Waals surface area (Å²) in [5.74, 6) is -1.33. The van der Waals surface area contributed by atoms with Crippen LogP contribution in [0, 0.1) is 5.82 Å². The van der Waals surface area contributed by atoms with Crippen molar-refractivity contribution >= 4 is 28.8 Å². The molecule has 1 amide bonds. The largest absolute Gasteiger partial charge is 0.372 e. The van der Waals surface area contributed by atoms with Crippen LogP contribution in [-0.4, -0.2) is 61.9 Å². The highest BCUT2D eigenvalue weighted by Crippen LogP contribution is 2.34. The average Bonchev–Trinajstić information content (AvgIpc) is 3.03. The number of carbonyl (C=O) groups is 2. The van der Waals surface area contributed by atoms with Gasteiger partial charge in [0, 0.05) is 25.7 Å². The molecule has 1 aliphatic heterocycles. The van der Waals surface area contributed by atoms with Gasteiger partial charge in [0.15, 0.2) is 17.8 Å². The van der Waals surface area contributed by atoms with Crippen LogP contribution in [0.4, 0.5) is 10.1 Å². The van der Waals surface area contributed by atoms with Gasteiger partial charge < -0.3 is 14.2 Å². The molecule has 1 saturated heterocycles. The number of fused-ring (bicyclic) bond motifs is 1. The van der Waals surface area contributed by atoms with E-state index < -0.39 is 11.7 Å². The van der Waals surface area contributed by atoms with E-state index in [1.165, 1.54) is 20.2 Å². The number of hydrogen-bond acceptors (Lipinski definition) is 7. The van der Waals surface area contributed by atoms with Crippen molar-refractivity contribution in [1.29, 1.82) is 0 Å². The van der Waals surface area contributed by atoms with Gasteiger partial charge in [-0.2, -0.15) is 0 Å². The Morgan fingerprint density at radius 2 is 2.08 bits per heavy atom. The third-order valence-corrected chi connectivity index (χ3v) is 4.33. The zero-order chi connectivity index (χ0) is 19.0. The molecule has 2 heterocycles. The predicted octanol–water partition coefficient (Wildman–Crippen LogP) is 2.03. The van der Waals surface area contributed by atoms with Crippen LogP contribution < -0.4 is 4.90 Å². The lowest BCUT2D eigenvalue weighted by molar-refractivity contribution is -0.0761. The molecule has 0 radical (unpaired) electrons. The molecule has 26 heavy (non-hydrogen) atoms. The molecular formula is C17H20FN3O5. The number of amides is 1. The van der Waals surface area contributed by atoms with E-state index in [-0.39, 0.29) is 40.1 Å². The Morgan fingerprint density at radius 1 is 1.42 bits per heavy atom. The minimum Gasteiger partial charge on any atom is -0.372 e. The maximum atomic E-state index is 15.2. The molecule has 0 aliphatic carbocycles. The summed E-state index contributed by atoms with van der Waals surface area (Å²) in [4.78, 5) is 30.5. The van der Waals surface area contributed by atoms with E-state index in [2.05, 4.69) is 5.16 Å². The van der Waals surface area contributed by atoms with E-state index in [9.17, 15) is 9.59 Å². The van der Waals surface area contributed by atoms with Gasteiger partial charge >= 0.3 is 0 Å². The Kier molecular flexibility index (Phi) is 4.92. The summed E-state index contributed by atoms with van der Waals surface area (Å²) < 4.78 is 25.9. The van der Waals surface area contributed by atoms with E-state index in [4.69, 9.17) is 14.1 Å². The molecule has 1 aromatic heterocycles. The number of anilines is 1. The molecule has 2 atom stereocenters. The highest BCUT2D eigenvalue weighted by molar-refractivity contribution is 6.06. The van der Waals surface area contributed by atoms with Crippen molar-refractivity contribution in [2.45, 2.75) is 26.1 Å². The quantitative estimate of drug-likeness (QED) is 0.605. The number of ether oxygens (including phenoxy) is 1. The third kappa shape index (κ3) is 3.04. The number of benzene rings is 1. The lowest BCUT2D eigenvalue weighted by Crippen LogP contribution is -2.46. The molecule has 1 aliphatic rings. The molecule has 3 rings (SSSR count). The first-order chi connectivity index (χ1) is 12.4. The van der Waals surface area contributed by atoms with Gasteiger partial charge in [-0.3, -0.25) is 14.4 Å². The highest BCUT2D eigenvalue weighted by atomic mass is 19.1. The number of halogens is 1. The van der Waals surface area contributed by atoms with Gasteiger partial charge in [-0.05, 0) is 19.9 Å². The SMILES string of the molecule is CON(C)C(=O)c1noc2c(F)c(N3C[C@@H](C)O[C@@H](C)C3)c(C=O)cc12. The zero-order valence-electron chi connectivity index (χ0n) is 15.0. The monoisotopic (exact) mass is 365 g/mol. The normalized spacial score (nSPS) is 20.4. The molecule has 2 aromatic rings. The fourth-order valence-corrected chi connectivity index (χ4v) is 3.21. The predicted molar refractivity (Wildman–Crippen MR) is 90.7 cm³/mol. The topological polar surface area (TPSA) is 85.1 Å². The first kappa shape index (κ1) is 18.3. The molecule has 0 spiro atoms. The minimum absolute atomic E-state index is 0.115. The third-order valence-electron chi connectivity index (χ3n) is 4.33. The lowest BCUT2D eigenvalue weighted by atomic mass is 10.1. The van der Waals surface area contributed by atoms with E-state index in [1.807, 2.05) is 13.8 Å². The second kappa shape index (κ2) is 7.00. The number of hydrogen-bond donors (Lipinski definition) is 0. The van der Waals surface area contributed by atoms with Crippen LogP contribution in [0.15, 0.2) is 10.6 Å². The van der Waals surface area contributed by atoms with E-state index in [0.717, 1.165) is 5.06 Å². The Labute approximate surface area is 149 Å². The van der Waals surface area contributed by atoms with Crippen molar-refractivity contribution in [2.75, 3.05) is 32.1 Å².